The second-order valence-corrected chi connectivity index (χ2v) is 6.61. The summed E-state index contributed by atoms with van der Waals surface area (Å²) >= 11 is 0. The van der Waals surface area contributed by atoms with Crippen LogP contribution in [0, 0.1) is 6.92 Å². The molecule has 5 nitrogen and oxygen atoms in total. The average molecular weight is 345 g/mol. The lowest BCUT2D eigenvalue weighted by molar-refractivity contribution is 0.0950. The van der Waals surface area contributed by atoms with Gasteiger partial charge < -0.3 is 10.6 Å². The average Bonchev–Trinajstić information content (AvgIpc) is 3.45. The van der Waals surface area contributed by atoms with Crippen molar-refractivity contribution in [1.29, 1.82) is 0 Å². The third-order valence-corrected chi connectivity index (χ3v) is 4.41. The van der Waals surface area contributed by atoms with Crippen LogP contribution >= 0.6 is 0 Å². The van der Waals surface area contributed by atoms with E-state index in [4.69, 9.17) is 0 Å². The normalized spacial score (nSPS) is 13.4. The Morgan fingerprint density at radius 1 is 1.00 bits per heavy atom. The highest BCUT2D eigenvalue weighted by atomic mass is 16.2. The molecule has 3 aromatic rings. The monoisotopic (exact) mass is 345 g/mol. The topological polar surface area (TPSA) is 71.1 Å². The van der Waals surface area contributed by atoms with Gasteiger partial charge in [0.25, 0.3) is 11.8 Å². The molecule has 26 heavy (non-hydrogen) atoms. The van der Waals surface area contributed by atoms with Gasteiger partial charge in [-0.1, -0.05) is 18.2 Å². The van der Waals surface area contributed by atoms with Crippen LogP contribution in [0.5, 0.6) is 0 Å². The summed E-state index contributed by atoms with van der Waals surface area (Å²) in [6.45, 7) is 1.87. The van der Waals surface area contributed by atoms with E-state index in [1.165, 1.54) is 0 Å². The number of para-hydroxylation sites is 1. The summed E-state index contributed by atoms with van der Waals surface area (Å²) in [6, 6.07) is 16.6. The van der Waals surface area contributed by atoms with E-state index in [-0.39, 0.29) is 11.8 Å². The second kappa shape index (κ2) is 6.59. The van der Waals surface area contributed by atoms with Crippen LogP contribution in [0.4, 0.5) is 5.69 Å². The molecule has 0 spiro atoms. The summed E-state index contributed by atoms with van der Waals surface area (Å²) in [5.41, 5.74) is 3.42. The van der Waals surface area contributed by atoms with Crippen LogP contribution in [0.1, 0.15) is 39.3 Å². The Balaban J connectivity index is 1.54. The number of hydrogen-bond acceptors (Lipinski definition) is 3. The molecule has 0 aliphatic heterocycles. The van der Waals surface area contributed by atoms with Gasteiger partial charge in [-0.3, -0.25) is 14.6 Å². The Bertz CT molecular complexity index is 992. The molecule has 0 unspecified atom stereocenters. The lowest BCUT2D eigenvalue weighted by Gasteiger charge is -2.10. The Hall–Kier alpha value is -3.21. The van der Waals surface area contributed by atoms with Crippen molar-refractivity contribution in [1.82, 2.24) is 10.3 Å². The van der Waals surface area contributed by atoms with Crippen LogP contribution in [-0.2, 0) is 0 Å². The molecular formula is C21H19N3O2. The Kier molecular flexibility index (Phi) is 4.13. The van der Waals surface area contributed by atoms with Crippen molar-refractivity contribution in [2.75, 3.05) is 5.32 Å². The third-order valence-electron chi connectivity index (χ3n) is 4.41. The number of aryl methyl sites for hydroxylation is 1. The molecule has 1 aliphatic carbocycles. The highest BCUT2D eigenvalue weighted by molar-refractivity contribution is 6.12. The molecule has 0 radical (unpaired) electrons. The molecular weight excluding hydrogens is 326 g/mol. The highest BCUT2D eigenvalue weighted by Crippen LogP contribution is 2.21. The van der Waals surface area contributed by atoms with Gasteiger partial charge in [0.05, 0.1) is 11.1 Å². The fraction of sp³-hybridized carbons (Fsp3) is 0.190. The van der Waals surface area contributed by atoms with Crippen molar-refractivity contribution < 1.29 is 9.59 Å². The molecule has 0 bridgehead atoms. The number of hydrogen-bond donors (Lipinski definition) is 2. The summed E-state index contributed by atoms with van der Waals surface area (Å²) in [6.07, 6.45) is 2.11. The minimum Gasteiger partial charge on any atom is -0.349 e. The van der Waals surface area contributed by atoms with Crippen molar-refractivity contribution in [2.45, 2.75) is 25.8 Å². The van der Waals surface area contributed by atoms with E-state index < -0.39 is 0 Å². The number of nitrogens with zero attached hydrogens (tertiary/aromatic N) is 1. The van der Waals surface area contributed by atoms with Crippen molar-refractivity contribution in [3.05, 3.63) is 71.4 Å². The number of anilines is 1. The minimum atomic E-state index is -0.193. The second-order valence-electron chi connectivity index (χ2n) is 6.61. The van der Waals surface area contributed by atoms with E-state index in [0.717, 1.165) is 29.4 Å². The lowest BCUT2D eigenvalue weighted by atomic mass is 10.1. The number of nitrogens with one attached hydrogen (secondary N) is 2. The Morgan fingerprint density at radius 3 is 2.46 bits per heavy atom. The van der Waals surface area contributed by atoms with Crippen LogP contribution in [0.3, 0.4) is 0 Å². The molecule has 1 aromatic heterocycles. The lowest BCUT2D eigenvalue weighted by Crippen LogP contribution is -2.25. The first kappa shape index (κ1) is 16.3. The zero-order valence-corrected chi connectivity index (χ0v) is 14.5. The summed E-state index contributed by atoms with van der Waals surface area (Å²) in [5.74, 6) is -0.261. The maximum Gasteiger partial charge on any atom is 0.256 e. The van der Waals surface area contributed by atoms with Crippen LogP contribution in [0.25, 0.3) is 10.9 Å². The number of amides is 2. The van der Waals surface area contributed by atoms with Crippen molar-refractivity contribution in [2.24, 2.45) is 0 Å². The zero-order valence-electron chi connectivity index (χ0n) is 14.5. The summed E-state index contributed by atoms with van der Waals surface area (Å²) in [4.78, 5) is 29.2. The number of rotatable bonds is 4. The summed E-state index contributed by atoms with van der Waals surface area (Å²) in [7, 11) is 0. The predicted molar refractivity (Wildman–Crippen MR) is 101 cm³/mol. The molecule has 1 fully saturated rings. The molecule has 130 valence electrons. The zero-order chi connectivity index (χ0) is 18.1. The number of fused-ring (bicyclic) bond motifs is 1. The van der Waals surface area contributed by atoms with Crippen molar-refractivity contribution in [3.63, 3.8) is 0 Å². The fourth-order valence-corrected chi connectivity index (χ4v) is 2.90. The largest absolute Gasteiger partial charge is 0.349 e. The number of carbonyl (C=O) groups excluding carboxylic acids is 2. The van der Waals surface area contributed by atoms with Crippen LogP contribution in [0.15, 0.2) is 54.6 Å². The summed E-state index contributed by atoms with van der Waals surface area (Å²) in [5, 5.41) is 6.66. The van der Waals surface area contributed by atoms with E-state index >= 15 is 0 Å². The van der Waals surface area contributed by atoms with E-state index in [1.54, 1.807) is 30.3 Å². The van der Waals surface area contributed by atoms with Gasteiger partial charge in [-0.2, -0.15) is 0 Å². The number of aromatic nitrogens is 1. The van der Waals surface area contributed by atoms with Crippen molar-refractivity contribution in [3.8, 4) is 0 Å². The van der Waals surface area contributed by atoms with Gasteiger partial charge in [0, 0.05) is 28.4 Å². The van der Waals surface area contributed by atoms with Crippen LogP contribution in [-0.4, -0.2) is 22.8 Å². The Labute approximate surface area is 151 Å². The van der Waals surface area contributed by atoms with E-state index in [1.807, 2.05) is 31.2 Å². The maximum atomic E-state index is 12.7. The molecule has 2 N–H and O–H groups in total. The molecule has 2 aromatic carbocycles. The molecule has 5 heteroatoms. The van der Waals surface area contributed by atoms with Gasteiger partial charge in [-0.05, 0) is 56.2 Å². The highest BCUT2D eigenvalue weighted by Gasteiger charge is 2.23. The number of benzene rings is 2. The standard InChI is InChI=1S/C21H19N3O2/c1-13-12-18(17-4-2-3-5-19(17)22-13)21(26)24-15-8-6-14(7-9-15)20(25)23-16-10-11-16/h2-9,12,16H,10-11H2,1H3,(H,23,25)(H,24,26). The molecule has 0 saturated heterocycles. The van der Waals surface area contributed by atoms with Gasteiger partial charge in [-0.25, -0.2) is 0 Å². The van der Waals surface area contributed by atoms with Crippen molar-refractivity contribution >= 4 is 28.4 Å². The molecule has 1 saturated carbocycles. The molecule has 2 amide bonds. The first-order valence-electron chi connectivity index (χ1n) is 8.69. The smallest absolute Gasteiger partial charge is 0.256 e. The number of pyridine rings is 1. The molecule has 0 atom stereocenters. The predicted octanol–water partition coefficient (Wildman–Crippen LogP) is 3.69. The SMILES string of the molecule is Cc1cc(C(=O)Nc2ccc(C(=O)NC3CC3)cc2)c2ccccc2n1. The number of carbonyl (C=O) groups is 2. The minimum absolute atomic E-state index is 0.0684. The van der Waals surface area contributed by atoms with Gasteiger partial charge in [-0.15, -0.1) is 0 Å². The first-order chi connectivity index (χ1) is 12.6. The maximum absolute atomic E-state index is 12.7. The van der Waals surface area contributed by atoms with Gasteiger partial charge in [0.15, 0.2) is 0 Å². The molecule has 1 aliphatic rings. The quantitative estimate of drug-likeness (QED) is 0.757. The van der Waals surface area contributed by atoms with Gasteiger partial charge in [0.1, 0.15) is 0 Å². The van der Waals surface area contributed by atoms with E-state index in [9.17, 15) is 9.59 Å². The Morgan fingerprint density at radius 2 is 1.73 bits per heavy atom. The van der Waals surface area contributed by atoms with E-state index in [0.29, 0.717) is 22.9 Å². The van der Waals surface area contributed by atoms with Crippen LogP contribution in [0.2, 0.25) is 0 Å². The first-order valence-corrected chi connectivity index (χ1v) is 8.69. The fourth-order valence-electron chi connectivity index (χ4n) is 2.90. The van der Waals surface area contributed by atoms with Gasteiger partial charge >= 0.3 is 0 Å². The summed E-state index contributed by atoms with van der Waals surface area (Å²) < 4.78 is 0. The van der Waals surface area contributed by atoms with E-state index in [2.05, 4.69) is 15.6 Å². The molecule has 4 rings (SSSR count). The van der Waals surface area contributed by atoms with Gasteiger partial charge in [0.2, 0.25) is 0 Å². The van der Waals surface area contributed by atoms with Crippen LogP contribution < -0.4 is 10.6 Å². The third kappa shape index (κ3) is 3.42. The molecule has 1 heterocycles.